The predicted molar refractivity (Wildman–Crippen MR) is 56.5 cm³/mol. The van der Waals surface area contributed by atoms with Gasteiger partial charge in [-0.3, -0.25) is 4.79 Å². The first-order valence-corrected chi connectivity index (χ1v) is 4.95. The van der Waals surface area contributed by atoms with Crippen LogP contribution in [0.2, 0.25) is 0 Å². The van der Waals surface area contributed by atoms with E-state index in [9.17, 15) is 4.79 Å². The second-order valence-corrected chi connectivity index (χ2v) is 4.18. The van der Waals surface area contributed by atoms with Crippen molar-refractivity contribution in [1.29, 1.82) is 0 Å². The van der Waals surface area contributed by atoms with Gasteiger partial charge in [-0.1, -0.05) is 24.3 Å². The van der Waals surface area contributed by atoms with Crippen molar-refractivity contribution in [2.45, 2.75) is 6.42 Å². The van der Waals surface area contributed by atoms with E-state index in [0.717, 1.165) is 18.5 Å². The highest BCUT2D eigenvalue weighted by Crippen LogP contribution is 2.26. The Morgan fingerprint density at radius 1 is 1.36 bits per heavy atom. The Morgan fingerprint density at radius 2 is 2.07 bits per heavy atom. The van der Waals surface area contributed by atoms with Crippen LogP contribution in [0.3, 0.4) is 0 Å². The molecule has 0 fully saturated rings. The zero-order valence-corrected chi connectivity index (χ0v) is 8.66. The minimum absolute atomic E-state index is 0.169. The third-order valence-electron chi connectivity index (χ3n) is 2.71. The van der Waals surface area contributed by atoms with Crippen molar-refractivity contribution >= 4 is 5.78 Å². The maximum Gasteiger partial charge on any atom is 0.167 e. The van der Waals surface area contributed by atoms with Crippen LogP contribution in [0.25, 0.3) is 0 Å². The molecule has 0 aromatic heterocycles. The van der Waals surface area contributed by atoms with E-state index in [2.05, 4.69) is 11.0 Å². The fourth-order valence-corrected chi connectivity index (χ4v) is 2.10. The normalized spacial score (nSPS) is 20.2. The zero-order chi connectivity index (χ0) is 10.1. The van der Waals surface area contributed by atoms with Gasteiger partial charge in [-0.15, -0.1) is 0 Å². The number of rotatable bonds is 2. The first-order valence-electron chi connectivity index (χ1n) is 4.95. The Labute approximate surface area is 84.5 Å². The third-order valence-corrected chi connectivity index (χ3v) is 2.71. The van der Waals surface area contributed by atoms with Gasteiger partial charge in [0.2, 0.25) is 0 Å². The molecule has 2 rings (SSSR count). The smallest absolute Gasteiger partial charge is 0.167 e. The minimum Gasteiger partial charge on any atom is -0.309 e. The monoisotopic (exact) mass is 189 g/mol. The number of benzene rings is 1. The molecule has 0 spiro atoms. The van der Waals surface area contributed by atoms with Crippen LogP contribution in [0, 0.1) is 5.92 Å². The number of Topliss-reactive ketones (excluding diaryl/α,β-unsaturated/α-hetero) is 1. The summed E-state index contributed by atoms with van der Waals surface area (Å²) in [5.74, 6) is 0.483. The number of carbonyl (C=O) groups is 1. The highest BCUT2D eigenvalue weighted by molar-refractivity contribution is 6.02. The van der Waals surface area contributed by atoms with Crippen molar-refractivity contribution in [3.05, 3.63) is 35.4 Å². The van der Waals surface area contributed by atoms with Crippen molar-refractivity contribution < 1.29 is 4.79 Å². The molecule has 74 valence electrons. The zero-order valence-electron chi connectivity index (χ0n) is 8.66. The molecule has 1 aliphatic carbocycles. The lowest BCUT2D eigenvalue weighted by molar-refractivity contribution is 0.0916. The second-order valence-electron chi connectivity index (χ2n) is 4.18. The average molecular weight is 189 g/mol. The number of hydrogen-bond acceptors (Lipinski definition) is 2. The number of nitrogens with zero attached hydrogens (tertiary/aromatic N) is 1. The van der Waals surface area contributed by atoms with Gasteiger partial charge in [0.05, 0.1) is 0 Å². The summed E-state index contributed by atoms with van der Waals surface area (Å²) >= 11 is 0. The van der Waals surface area contributed by atoms with E-state index in [4.69, 9.17) is 0 Å². The van der Waals surface area contributed by atoms with Crippen LogP contribution >= 0.6 is 0 Å². The number of ketones is 1. The van der Waals surface area contributed by atoms with Gasteiger partial charge < -0.3 is 4.90 Å². The molecule has 0 saturated carbocycles. The molecule has 0 aliphatic heterocycles. The van der Waals surface area contributed by atoms with Crippen LogP contribution in [-0.4, -0.2) is 31.3 Å². The van der Waals surface area contributed by atoms with E-state index in [-0.39, 0.29) is 5.92 Å². The molecular weight excluding hydrogens is 174 g/mol. The molecule has 0 saturated heterocycles. The van der Waals surface area contributed by atoms with Gasteiger partial charge in [0, 0.05) is 18.0 Å². The van der Waals surface area contributed by atoms with Gasteiger partial charge in [-0.2, -0.15) is 0 Å². The van der Waals surface area contributed by atoms with E-state index >= 15 is 0 Å². The molecule has 1 aliphatic rings. The Morgan fingerprint density at radius 3 is 2.71 bits per heavy atom. The van der Waals surface area contributed by atoms with Crippen molar-refractivity contribution in [3.63, 3.8) is 0 Å². The summed E-state index contributed by atoms with van der Waals surface area (Å²) in [6.07, 6.45) is 0.910. The van der Waals surface area contributed by atoms with E-state index in [1.165, 1.54) is 5.56 Å². The first-order chi connectivity index (χ1) is 6.68. The van der Waals surface area contributed by atoms with E-state index in [0.29, 0.717) is 5.78 Å². The summed E-state index contributed by atoms with van der Waals surface area (Å²) in [5, 5.41) is 0. The summed E-state index contributed by atoms with van der Waals surface area (Å²) in [6.45, 7) is 0.855. The van der Waals surface area contributed by atoms with Crippen molar-refractivity contribution in [1.82, 2.24) is 4.90 Å². The molecule has 0 bridgehead atoms. The first kappa shape index (κ1) is 9.41. The summed E-state index contributed by atoms with van der Waals surface area (Å²) in [6, 6.07) is 7.94. The maximum absolute atomic E-state index is 11.9. The lowest BCUT2D eigenvalue weighted by atomic mass is 10.1. The Hall–Kier alpha value is -1.15. The van der Waals surface area contributed by atoms with Crippen LogP contribution in [0.5, 0.6) is 0 Å². The second kappa shape index (κ2) is 3.54. The Balaban J connectivity index is 2.21. The lowest BCUT2D eigenvalue weighted by Gasteiger charge is -2.13. The van der Waals surface area contributed by atoms with Gasteiger partial charge in [0.25, 0.3) is 0 Å². The SMILES string of the molecule is CN(C)C[C@H]1Cc2ccccc2C1=O. The average Bonchev–Trinajstić information content (AvgIpc) is 2.44. The van der Waals surface area contributed by atoms with Crippen LogP contribution in [0.1, 0.15) is 15.9 Å². The fraction of sp³-hybridized carbons (Fsp3) is 0.417. The molecule has 0 N–H and O–H groups in total. The van der Waals surface area contributed by atoms with Crippen molar-refractivity contribution in [2.24, 2.45) is 5.92 Å². The lowest BCUT2D eigenvalue weighted by Crippen LogP contribution is -2.25. The van der Waals surface area contributed by atoms with E-state index in [1.807, 2.05) is 32.3 Å². The van der Waals surface area contributed by atoms with Crippen LogP contribution < -0.4 is 0 Å². The minimum atomic E-state index is 0.169. The molecule has 0 heterocycles. The topological polar surface area (TPSA) is 20.3 Å². The van der Waals surface area contributed by atoms with Crippen LogP contribution in [-0.2, 0) is 6.42 Å². The van der Waals surface area contributed by atoms with E-state index in [1.54, 1.807) is 0 Å². The number of carbonyl (C=O) groups excluding carboxylic acids is 1. The van der Waals surface area contributed by atoms with Gasteiger partial charge in [-0.25, -0.2) is 0 Å². The molecule has 0 unspecified atom stereocenters. The van der Waals surface area contributed by atoms with Crippen molar-refractivity contribution in [2.75, 3.05) is 20.6 Å². The van der Waals surface area contributed by atoms with Crippen LogP contribution in [0.4, 0.5) is 0 Å². The molecule has 1 atom stereocenters. The maximum atomic E-state index is 11.9. The summed E-state index contributed by atoms with van der Waals surface area (Å²) in [4.78, 5) is 14.0. The molecule has 1 aromatic rings. The quantitative estimate of drug-likeness (QED) is 0.704. The molecule has 2 nitrogen and oxygen atoms in total. The third kappa shape index (κ3) is 1.58. The van der Waals surface area contributed by atoms with E-state index < -0.39 is 0 Å². The van der Waals surface area contributed by atoms with Gasteiger partial charge in [0.1, 0.15) is 0 Å². The molecule has 2 heteroatoms. The number of fused-ring (bicyclic) bond motifs is 1. The van der Waals surface area contributed by atoms with Gasteiger partial charge >= 0.3 is 0 Å². The van der Waals surface area contributed by atoms with Crippen molar-refractivity contribution in [3.8, 4) is 0 Å². The van der Waals surface area contributed by atoms with Crippen LogP contribution in [0.15, 0.2) is 24.3 Å². The number of hydrogen-bond donors (Lipinski definition) is 0. The van der Waals surface area contributed by atoms with Gasteiger partial charge in [-0.05, 0) is 26.1 Å². The molecule has 0 radical (unpaired) electrons. The summed E-state index contributed by atoms with van der Waals surface area (Å²) < 4.78 is 0. The molecule has 1 aromatic carbocycles. The predicted octanol–water partition coefficient (Wildman–Crippen LogP) is 1.60. The molecular formula is C12H15NO. The highest BCUT2D eigenvalue weighted by Gasteiger charge is 2.29. The molecule has 0 amide bonds. The standard InChI is InChI=1S/C12H15NO/c1-13(2)8-10-7-9-5-3-4-6-11(9)12(10)14/h3-6,10H,7-8H2,1-2H3/t10-/m1/s1. The Kier molecular flexibility index (Phi) is 2.38. The van der Waals surface area contributed by atoms with Gasteiger partial charge in [0.15, 0.2) is 5.78 Å². The highest BCUT2D eigenvalue weighted by atomic mass is 16.1. The summed E-state index contributed by atoms with van der Waals surface area (Å²) in [7, 11) is 4.02. The fourth-order valence-electron chi connectivity index (χ4n) is 2.10. The largest absolute Gasteiger partial charge is 0.309 e. The summed E-state index contributed by atoms with van der Waals surface area (Å²) in [5.41, 5.74) is 2.14. The Bertz CT molecular complexity index is 357. The molecule has 14 heavy (non-hydrogen) atoms.